The fourth-order valence-electron chi connectivity index (χ4n) is 3.30. The zero-order valence-corrected chi connectivity index (χ0v) is 18.5. The van der Waals surface area contributed by atoms with E-state index in [1.165, 1.54) is 0 Å². The number of methoxy groups -OCH3 is 1. The maximum atomic E-state index is 13.2. The normalized spacial score (nSPS) is 16.3. The summed E-state index contributed by atoms with van der Waals surface area (Å²) < 4.78 is 6.41. The van der Waals surface area contributed by atoms with Crippen molar-refractivity contribution in [3.05, 3.63) is 68.8 Å². The van der Waals surface area contributed by atoms with E-state index in [-0.39, 0.29) is 5.91 Å². The van der Waals surface area contributed by atoms with Crippen LogP contribution in [0.25, 0.3) is 0 Å². The summed E-state index contributed by atoms with van der Waals surface area (Å²) in [7, 11) is 1.61. The fourth-order valence-corrected chi connectivity index (χ4v) is 3.95. The van der Waals surface area contributed by atoms with E-state index in [0.717, 1.165) is 26.9 Å². The van der Waals surface area contributed by atoms with Crippen LogP contribution in [0.15, 0.2) is 52.1 Å². The highest BCUT2D eigenvalue weighted by Gasteiger charge is 2.32. The average Bonchev–Trinajstić information content (AvgIpc) is 2.63. The van der Waals surface area contributed by atoms with E-state index in [4.69, 9.17) is 17.0 Å². The third kappa shape index (κ3) is 4.20. The Morgan fingerprint density at radius 2 is 1.93 bits per heavy atom. The average molecular weight is 460 g/mol. The van der Waals surface area contributed by atoms with E-state index in [1.807, 2.05) is 57.2 Å². The number of nitrogens with one attached hydrogen (secondary N) is 3. The number of carbonyl (C=O) groups is 1. The van der Waals surface area contributed by atoms with E-state index in [0.29, 0.717) is 22.1 Å². The molecule has 5 nitrogen and oxygen atoms in total. The largest absolute Gasteiger partial charge is 0.496 e. The Morgan fingerprint density at radius 3 is 2.61 bits per heavy atom. The molecule has 2 aromatic rings. The van der Waals surface area contributed by atoms with E-state index >= 15 is 0 Å². The van der Waals surface area contributed by atoms with Gasteiger partial charge in [0.05, 0.1) is 18.7 Å². The van der Waals surface area contributed by atoms with Crippen LogP contribution in [0, 0.1) is 13.8 Å². The maximum Gasteiger partial charge on any atom is 0.255 e. The molecular weight excluding hydrogens is 438 g/mol. The van der Waals surface area contributed by atoms with Crippen molar-refractivity contribution >= 4 is 44.9 Å². The molecule has 0 saturated heterocycles. The second-order valence-electron chi connectivity index (χ2n) is 6.73. The molecule has 0 spiro atoms. The molecule has 1 atom stereocenters. The van der Waals surface area contributed by atoms with Crippen molar-refractivity contribution < 1.29 is 9.53 Å². The van der Waals surface area contributed by atoms with Crippen molar-refractivity contribution in [2.24, 2.45) is 0 Å². The summed E-state index contributed by atoms with van der Waals surface area (Å²) in [5, 5.41) is 9.76. The summed E-state index contributed by atoms with van der Waals surface area (Å²) in [5.74, 6) is 0.481. The lowest BCUT2D eigenvalue weighted by atomic mass is 9.94. The first-order chi connectivity index (χ1) is 13.3. The van der Waals surface area contributed by atoms with Gasteiger partial charge in [-0.15, -0.1) is 0 Å². The summed E-state index contributed by atoms with van der Waals surface area (Å²) in [4.78, 5) is 13.2. The SMILES string of the molecule is COc1ccc(Br)cc1C1NC(=S)NC(C)=C1C(=O)Nc1ccc(C)cc1C. The first-order valence-corrected chi connectivity index (χ1v) is 10.0. The molecule has 1 heterocycles. The number of ether oxygens (including phenoxy) is 1. The van der Waals surface area contributed by atoms with Crippen LogP contribution in [0.4, 0.5) is 5.69 Å². The Labute approximate surface area is 178 Å². The van der Waals surface area contributed by atoms with Crippen molar-refractivity contribution in [3.63, 3.8) is 0 Å². The Balaban J connectivity index is 2.03. The molecule has 0 aromatic heterocycles. The summed E-state index contributed by atoms with van der Waals surface area (Å²) in [6, 6.07) is 11.2. The fraction of sp³-hybridized carbons (Fsp3) is 0.238. The maximum absolute atomic E-state index is 13.2. The molecule has 1 unspecified atom stereocenters. The number of benzene rings is 2. The number of hydrogen-bond acceptors (Lipinski definition) is 3. The van der Waals surface area contributed by atoms with E-state index in [2.05, 4.69) is 31.9 Å². The monoisotopic (exact) mass is 459 g/mol. The lowest BCUT2D eigenvalue weighted by molar-refractivity contribution is -0.113. The molecule has 28 heavy (non-hydrogen) atoms. The minimum atomic E-state index is -0.438. The predicted molar refractivity (Wildman–Crippen MR) is 120 cm³/mol. The molecule has 3 rings (SSSR count). The molecule has 0 saturated carbocycles. The summed E-state index contributed by atoms with van der Waals surface area (Å²) in [6.45, 7) is 5.85. The van der Waals surface area contributed by atoms with E-state index in [9.17, 15) is 4.79 Å². The van der Waals surface area contributed by atoms with Gasteiger partial charge in [-0.1, -0.05) is 33.6 Å². The molecule has 0 radical (unpaired) electrons. The summed E-state index contributed by atoms with van der Waals surface area (Å²) in [6.07, 6.45) is 0. The lowest BCUT2D eigenvalue weighted by Crippen LogP contribution is -2.45. The Hall–Kier alpha value is -2.38. The number of amides is 1. The highest BCUT2D eigenvalue weighted by molar-refractivity contribution is 9.10. The molecule has 0 aliphatic carbocycles. The third-order valence-electron chi connectivity index (χ3n) is 4.65. The van der Waals surface area contributed by atoms with Gasteiger partial charge in [0.15, 0.2) is 5.11 Å². The van der Waals surface area contributed by atoms with Gasteiger partial charge in [-0.3, -0.25) is 4.79 Å². The number of anilines is 1. The number of halogens is 1. The first kappa shape index (κ1) is 20.4. The quantitative estimate of drug-likeness (QED) is 0.587. The van der Waals surface area contributed by atoms with Gasteiger partial charge in [0, 0.05) is 21.4 Å². The van der Waals surface area contributed by atoms with Crippen LogP contribution in [0.5, 0.6) is 5.75 Å². The third-order valence-corrected chi connectivity index (χ3v) is 5.36. The van der Waals surface area contributed by atoms with Gasteiger partial charge >= 0.3 is 0 Å². The molecule has 0 bridgehead atoms. The van der Waals surface area contributed by atoms with Crippen LogP contribution >= 0.6 is 28.1 Å². The van der Waals surface area contributed by atoms with Crippen molar-refractivity contribution in [3.8, 4) is 5.75 Å². The van der Waals surface area contributed by atoms with Crippen LogP contribution in [-0.2, 0) is 4.79 Å². The molecule has 1 amide bonds. The van der Waals surface area contributed by atoms with Crippen LogP contribution in [0.3, 0.4) is 0 Å². The van der Waals surface area contributed by atoms with Gasteiger partial charge < -0.3 is 20.7 Å². The van der Waals surface area contributed by atoms with Gasteiger partial charge in [-0.2, -0.15) is 0 Å². The molecule has 1 aliphatic heterocycles. The second kappa shape index (κ2) is 8.32. The minimum absolute atomic E-state index is 0.195. The Morgan fingerprint density at radius 1 is 1.18 bits per heavy atom. The molecule has 7 heteroatoms. The van der Waals surface area contributed by atoms with Crippen molar-refractivity contribution in [2.45, 2.75) is 26.8 Å². The van der Waals surface area contributed by atoms with Crippen LogP contribution in [0.1, 0.15) is 29.7 Å². The zero-order chi connectivity index (χ0) is 20.4. The number of thiocarbonyl (C=S) groups is 1. The van der Waals surface area contributed by atoms with Gasteiger partial charge in [-0.25, -0.2) is 0 Å². The highest BCUT2D eigenvalue weighted by atomic mass is 79.9. The number of rotatable bonds is 4. The predicted octanol–water partition coefficient (Wildman–Crippen LogP) is 4.51. The highest BCUT2D eigenvalue weighted by Crippen LogP contribution is 2.35. The molecule has 3 N–H and O–H groups in total. The Bertz CT molecular complexity index is 988. The lowest BCUT2D eigenvalue weighted by Gasteiger charge is -2.31. The smallest absolute Gasteiger partial charge is 0.255 e. The number of hydrogen-bond donors (Lipinski definition) is 3. The number of carbonyl (C=O) groups excluding carboxylic acids is 1. The Kier molecular flexibility index (Phi) is 6.05. The molecule has 0 fully saturated rings. The molecular formula is C21H22BrN3O2S. The topological polar surface area (TPSA) is 62.4 Å². The van der Waals surface area contributed by atoms with Gasteiger partial charge in [0.25, 0.3) is 5.91 Å². The van der Waals surface area contributed by atoms with Crippen LogP contribution < -0.4 is 20.7 Å². The van der Waals surface area contributed by atoms with Crippen molar-refractivity contribution in [1.82, 2.24) is 10.6 Å². The number of allylic oxidation sites excluding steroid dienone is 1. The standard InChI is InChI=1S/C21H22BrN3O2S/c1-11-5-7-16(12(2)9-11)24-20(26)18-13(3)23-21(28)25-19(18)15-10-14(22)6-8-17(15)27-4/h5-10,19H,1-4H3,(H,24,26)(H2,23,25,28). The first-order valence-electron chi connectivity index (χ1n) is 8.80. The van der Waals surface area contributed by atoms with Gasteiger partial charge in [-0.05, 0) is 62.8 Å². The van der Waals surface area contributed by atoms with E-state index in [1.54, 1.807) is 7.11 Å². The van der Waals surface area contributed by atoms with Crippen LogP contribution in [0.2, 0.25) is 0 Å². The second-order valence-corrected chi connectivity index (χ2v) is 8.05. The van der Waals surface area contributed by atoms with Crippen molar-refractivity contribution in [1.29, 1.82) is 0 Å². The van der Waals surface area contributed by atoms with Gasteiger partial charge in [0.1, 0.15) is 5.75 Å². The van der Waals surface area contributed by atoms with E-state index < -0.39 is 6.04 Å². The summed E-state index contributed by atoms with van der Waals surface area (Å²) in [5.41, 5.74) is 5.03. The molecule has 1 aliphatic rings. The number of aryl methyl sites for hydroxylation is 2. The van der Waals surface area contributed by atoms with Crippen molar-refractivity contribution in [2.75, 3.05) is 12.4 Å². The van der Waals surface area contributed by atoms with Gasteiger partial charge in [0.2, 0.25) is 0 Å². The molecule has 2 aromatic carbocycles. The molecule has 146 valence electrons. The minimum Gasteiger partial charge on any atom is -0.496 e. The zero-order valence-electron chi connectivity index (χ0n) is 16.1. The van der Waals surface area contributed by atoms with Crippen LogP contribution in [-0.4, -0.2) is 18.1 Å². The summed E-state index contributed by atoms with van der Waals surface area (Å²) >= 11 is 8.84.